The lowest BCUT2D eigenvalue weighted by Gasteiger charge is -2.17. The first kappa shape index (κ1) is 53.9. The van der Waals surface area contributed by atoms with Gasteiger partial charge in [-0.1, -0.05) is 106 Å². The fraction of sp³-hybridized carbons (Fsp3) is 0.475. The minimum atomic E-state index is -1.78. The van der Waals surface area contributed by atoms with E-state index in [0.29, 0.717) is 55.8 Å². The van der Waals surface area contributed by atoms with Gasteiger partial charge in [0, 0.05) is 22.6 Å². The Kier molecular flexibility index (Phi) is 18.2. The molecule has 72 heavy (non-hydrogen) atoms. The molecule has 11 heteroatoms. The van der Waals surface area contributed by atoms with Crippen molar-refractivity contribution >= 4 is 40.6 Å². The minimum Gasteiger partial charge on any atom is -0.493 e. The highest BCUT2D eigenvalue weighted by atomic mass is 19.2. The van der Waals surface area contributed by atoms with Crippen molar-refractivity contribution in [3.05, 3.63) is 131 Å². The van der Waals surface area contributed by atoms with Gasteiger partial charge < -0.3 is 14.5 Å². The smallest absolute Gasteiger partial charge is 0.173 e. The molecule has 0 saturated heterocycles. The SMILES string of the molecule is CCCCCCCCOc1cc(OCCCCCCCC)cc(/C2=c3/[nH]/c(c(CC)c3C)=C\C3=NC(=C(/c4c(F)c(F)c(C=O)c(F)c4F)C4=NC(/C=C5N=C2C(C)=C\5CC)C(CC)=C4C)/C(C)=C3CC)c1. The number of H-pyrrole nitrogens is 1. The molecule has 1 N–H and O–H groups in total. The third-order valence-corrected chi connectivity index (χ3v) is 14.9. The zero-order valence-corrected chi connectivity index (χ0v) is 44.3. The van der Waals surface area contributed by atoms with Crippen molar-refractivity contribution in [2.24, 2.45) is 15.0 Å². The van der Waals surface area contributed by atoms with Gasteiger partial charge in [0.1, 0.15) is 11.5 Å². The fourth-order valence-electron chi connectivity index (χ4n) is 10.9. The molecule has 5 heterocycles. The number of aliphatic imine (C=N–C) groups is 3. The number of unbranched alkanes of at least 4 members (excludes halogenated alkanes) is 10. The summed E-state index contributed by atoms with van der Waals surface area (Å²) in [5, 5.41) is 1.67. The topological polar surface area (TPSA) is 88.4 Å². The maximum atomic E-state index is 16.5. The molecule has 1 unspecified atom stereocenters. The van der Waals surface area contributed by atoms with Gasteiger partial charge in [-0.3, -0.25) is 9.79 Å². The lowest BCUT2D eigenvalue weighted by atomic mass is 9.88. The van der Waals surface area contributed by atoms with E-state index in [9.17, 15) is 4.79 Å². The number of halogens is 4. The third-order valence-electron chi connectivity index (χ3n) is 14.9. The van der Waals surface area contributed by atoms with E-state index in [1.807, 2.05) is 45.9 Å². The summed E-state index contributed by atoms with van der Waals surface area (Å²) < 4.78 is 77.7. The minimum absolute atomic E-state index is 0.147. The Bertz CT molecular complexity index is 2930. The zero-order chi connectivity index (χ0) is 51.8. The molecule has 0 radical (unpaired) electrons. The average Bonchev–Trinajstić information content (AvgIpc) is 4.06. The number of carbonyl (C=O) groups excluding carboxylic acids is 1. The van der Waals surface area contributed by atoms with Crippen LogP contribution in [0.5, 0.6) is 11.5 Å². The fourth-order valence-corrected chi connectivity index (χ4v) is 10.9. The molecule has 3 aromatic rings. The van der Waals surface area contributed by atoms with Gasteiger partial charge in [0.15, 0.2) is 29.6 Å². The Morgan fingerprint density at radius 2 is 1.21 bits per heavy atom. The molecule has 0 saturated carbocycles. The number of rotatable bonds is 23. The van der Waals surface area contributed by atoms with Crippen LogP contribution in [0.4, 0.5) is 17.6 Å². The van der Waals surface area contributed by atoms with E-state index in [1.165, 1.54) is 51.4 Å². The van der Waals surface area contributed by atoms with Crippen LogP contribution in [0.3, 0.4) is 0 Å². The molecule has 4 aliphatic rings. The number of hydrogen-bond donors (Lipinski definition) is 1. The summed E-state index contributed by atoms with van der Waals surface area (Å²) in [5.74, 6) is -5.47. The highest BCUT2D eigenvalue weighted by molar-refractivity contribution is 6.36. The first-order chi connectivity index (χ1) is 34.8. The average molecular weight is 987 g/mol. The predicted octanol–water partition coefficient (Wildman–Crippen LogP) is 14.9. The van der Waals surface area contributed by atoms with Crippen LogP contribution in [0.15, 0.2) is 84.1 Å². The summed E-state index contributed by atoms with van der Waals surface area (Å²) >= 11 is 0. The van der Waals surface area contributed by atoms with Gasteiger partial charge in [0.05, 0.1) is 64.3 Å². The lowest BCUT2D eigenvalue weighted by Crippen LogP contribution is -2.21. The number of ether oxygens (including phenoxy) is 2. The van der Waals surface area contributed by atoms with Gasteiger partial charge in [-0.2, -0.15) is 0 Å². The molecule has 0 spiro atoms. The molecular weight excluding hydrogens is 913 g/mol. The van der Waals surface area contributed by atoms with Crippen molar-refractivity contribution in [2.45, 2.75) is 178 Å². The maximum absolute atomic E-state index is 16.5. The number of fused-ring (bicyclic) bond motifs is 5. The van der Waals surface area contributed by atoms with Gasteiger partial charge in [-0.25, -0.2) is 27.5 Å². The standard InChI is InChI=1S/C61H74F4N4O3/c1-11-17-19-21-23-25-27-71-40-29-39(30-41(31-40)72-28-26-24-22-20-18-12-2)51-58-35(7)42(13-3)47(66-58)32-49-44(15-5)37(9)60(68-49)53(52-56(64)54(62)46(34-70)55(63)57(52)65)61-38(10)45(16-6)50(69-61)33-48-43(14-4)36(8)59(51)67-48/h29-34,49,67H,11-28H2,1-10H3/b47-32-,48-33-,59-51-,61-53-. The summed E-state index contributed by atoms with van der Waals surface area (Å²) in [6.07, 6.45) is 19.9. The van der Waals surface area contributed by atoms with Gasteiger partial charge in [0.2, 0.25) is 0 Å². The van der Waals surface area contributed by atoms with E-state index in [0.717, 1.165) is 104 Å². The Labute approximate surface area is 424 Å². The molecule has 4 aliphatic heterocycles. The van der Waals surface area contributed by atoms with Crippen molar-refractivity contribution < 1.29 is 31.8 Å². The molecular formula is C61H74F4N4O3. The summed E-state index contributed by atoms with van der Waals surface area (Å²) in [6.45, 7) is 21.7. The van der Waals surface area contributed by atoms with Crippen molar-refractivity contribution in [1.29, 1.82) is 0 Å². The molecule has 7 nitrogen and oxygen atoms in total. The number of benzene rings is 2. The molecule has 7 rings (SSSR count). The Hall–Kier alpha value is -5.84. The van der Waals surface area contributed by atoms with E-state index in [1.54, 1.807) is 0 Å². The quantitative estimate of drug-likeness (QED) is 0.0444. The molecule has 1 atom stereocenters. The van der Waals surface area contributed by atoms with Crippen molar-refractivity contribution in [3.63, 3.8) is 0 Å². The Morgan fingerprint density at radius 3 is 1.75 bits per heavy atom. The highest BCUT2D eigenvalue weighted by Gasteiger charge is 2.37. The third kappa shape index (κ3) is 10.8. The summed E-state index contributed by atoms with van der Waals surface area (Å²) in [7, 11) is 0. The van der Waals surface area contributed by atoms with Gasteiger partial charge in [-0.15, -0.1) is 0 Å². The lowest BCUT2D eigenvalue weighted by molar-refractivity contribution is 0.111. The van der Waals surface area contributed by atoms with Crippen LogP contribution >= 0.6 is 0 Å². The molecule has 0 amide bonds. The van der Waals surface area contributed by atoms with Crippen LogP contribution in [0.25, 0.3) is 17.2 Å². The second-order valence-corrected chi connectivity index (χ2v) is 19.6. The number of allylic oxidation sites excluding steroid dienone is 6. The number of hydrogen-bond acceptors (Lipinski definition) is 6. The van der Waals surface area contributed by atoms with Crippen LogP contribution in [0.1, 0.15) is 191 Å². The van der Waals surface area contributed by atoms with E-state index in [-0.39, 0.29) is 23.3 Å². The second kappa shape index (κ2) is 24.3. The van der Waals surface area contributed by atoms with E-state index < -0.39 is 40.4 Å². The first-order valence-corrected chi connectivity index (χ1v) is 26.8. The second-order valence-electron chi connectivity index (χ2n) is 19.6. The van der Waals surface area contributed by atoms with Crippen molar-refractivity contribution in [2.75, 3.05) is 13.2 Å². The molecule has 384 valence electrons. The number of nitrogens with zero attached hydrogens (tertiary/aromatic N) is 3. The number of nitrogens with one attached hydrogen (secondary N) is 1. The monoisotopic (exact) mass is 987 g/mol. The van der Waals surface area contributed by atoms with Crippen LogP contribution in [0, 0.1) is 30.2 Å². The predicted molar refractivity (Wildman–Crippen MR) is 287 cm³/mol. The molecule has 0 aliphatic carbocycles. The largest absolute Gasteiger partial charge is 0.493 e. The summed E-state index contributed by atoms with van der Waals surface area (Å²) in [5.41, 5.74) is 8.65. The van der Waals surface area contributed by atoms with Crippen molar-refractivity contribution in [1.82, 2.24) is 4.98 Å². The molecule has 2 aromatic carbocycles. The van der Waals surface area contributed by atoms with Gasteiger partial charge in [0.25, 0.3) is 0 Å². The Morgan fingerprint density at radius 1 is 0.625 bits per heavy atom. The highest BCUT2D eigenvalue weighted by Crippen LogP contribution is 2.44. The normalized spacial score (nSPS) is 19.7. The molecule has 1 aromatic heterocycles. The van der Waals surface area contributed by atoms with Gasteiger partial charge in [-0.05, 0) is 141 Å². The zero-order valence-electron chi connectivity index (χ0n) is 44.3. The molecule has 0 fully saturated rings. The Balaban J connectivity index is 1.53. The number of aromatic amines is 1. The van der Waals surface area contributed by atoms with E-state index in [4.69, 9.17) is 24.5 Å². The number of aldehydes is 1. The summed E-state index contributed by atoms with van der Waals surface area (Å²) in [6, 6.07) is 5.60. The van der Waals surface area contributed by atoms with Crippen LogP contribution in [-0.2, 0) is 6.42 Å². The van der Waals surface area contributed by atoms with Crippen LogP contribution in [0.2, 0.25) is 0 Å². The van der Waals surface area contributed by atoms with E-state index >= 15 is 17.6 Å². The summed E-state index contributed by atoms with van der Waals surface area (Å²) in [4.78, 5) is 31.5. The van der Waals surface area contributed by atoms with Crippen molar-refractivity contribution in [3.8, 4) is 11.5 Å². The van der Waals surface area contributed by atoms with E-state index in [2.05, 4.69) is 58.7 Å². The number of aromatic nitrogens is 1. The molecule has 8 bridgehead atoms. The van der Waals surface area contributed by atoms with Crippen LogP contribution < -0.4 is 20.2 Å². The maximum Gasteiger partial charge on any atom is 0.173 e. The first-order valence-electron chi connectivity index (χ1n) is 26.8. The van der Waals surface area contributed by atoms with Crippen LogP contribution in [-0.4, -0.2) is 47.7 Å². The number of carbonyl (C=O) groups is 1. The van der Waals surface area contributed by atoms with Gasteiger partial charge >= 0.3 is 0 Å².